The number of hydrogen-bond donors (Lipinski definition) is 6. The van der Waals surface area contributed by atoms with Crippen LogP contribution in [0.25, 0.3) is 0 Å². The summed E-state index contributed by atoms with van der Waals surface area (Å²) >= 11 is 0. The van der Waals surface area contributed by atoms with E-state index in [1.165, 1.54) is 89.9 Å². The maximum Gasteiger partial charge on any atom is 0.220 e. The molecule has 1 fully saturated rings. The molecule has 56 heavy (non-hydrogen) atoms. The highest BCUT2D eigenvalue weighted by Gasteiger charge is 2.44. The van der Waals surface area contributed by atoms with E-state index in [1.807, 2.05) is 6.08 Å². The van der Waals surface area contributed by atoms with Crippen LogP contribution in [0.3, 0.4) is 0 Å². The van der Waals surface area contributed by atoms with Crippen LogP contribution in [0.15, 0.2) is 60.8 Å². The van der Waals surface area contributed by atoms with E-state index >= 15 is 0 Å². The molecular formula is C47H83NO8. The maximum atomic E-state index is 12.9. The maximum absolute atomic E-state index is 12.9. The normalized spacial score (nSPS) is 21.7. The largest absolute Gasteiger partial charge is 0.394 e. The molecule has 0 aromatic carbocycles. The Hall–Kier alpha value is -2.11. The smallest absolute Gasteiger partial charge is 0.220 e. The number of ether oxygens (including phenoxy) is 2. The molecule has 1 aliphatic rings. The van der Waals surface area contributed by atoms with E-state index < -0.39 is 49.5 Å². The number of nitrogens with one attached hydrogen (secondary N) is 1. The van der Waals surface area contributed by atoms with Gasteiger partial charge in [-0.1, -0.05) is 171 Å². The van der Waals surface area contributed by atoms with Crippen molar-refractivity contribution in [3.05, 3.63) is 60.8 Å². The molecule has 0 bridgehead atoms. The lowest BCUT2D eigenvalue weighted by Gasteiger charge is -2.40. The molecule has 0 aromatic rings. The van der Waals surface area contributed by atoms with Crippen LogP contribution in [0.2, 0.25) is 0 Å². The molecule has 0 aromatic heterocycles. The third-order valence-corrected chi connectivity index (χ3v) is 10.3. The van der Waals surface area contributed by atoms with Crippen molar-refractivity contribution in [2.75, 3.05) is 13.2 Å². The zero-order valence-electron chi connectivity index (χ0n) is 35.4. The van der Waals surface area contributed by atoms with Crippen LogP contribution >= 0.6 is 0 Å². The van der Waals surface area contributed by atoms with Crippen LogP contribution in [-0.4, -0.2) is 87.5 Å². The van der Waals surface area contributed by atoms with E-state index in [9.17, 15) is 30.3 Å². The predicted molar refractivity (Wildman–Crippen MR) is 230 cm³/mol. The number of rotatable bonds is 36. The number of unbranched alkanes of at least 4 members (excludes halogenated alkanes) is 18. The van der Waals surface area contributed by atoms with Gasteiger partial charge in [0.05, 0.1) is 25.4 Å². The summed E-state index contributed by atoms with van der Waals surface area (Å²) < 4.78 is 11.2. The summed E-state index contributed by atoms with van der Waals surface area (Å²) in [4.78, 5) is 12.9. The fourth-order valence-electron chi connectivity index (χ4n) is 6.73. The molecule has 1 heterocycles. The number of carbonyl (C=O) groups excluding carboxylic acids is 1. The minimum atomic E-state index is -1.58. The molecule has 0 radical (unpaired) electrons. The first-order chi connectivity index (χ1) is 27.3. The Morgan fingerprint density at radius 2 is 1.11 bits per heavy atom. The van der Waals surface area contributed by atoms with Crippen LogP contribution in [0.1, 0.15) is 174 Å². The Kier molecular flexibility index (Phi) is 34.5. The van der Waals surface area contributed by atoms with Crippen molar-refractivity contribution in [1.29, 1.82) is 0 Å². The fourth-order valence-corrected chi connectivity index (χ4v) is 6.73. The Morgan fingerprint density at radius 1 is 0.625 bits per heavy atom. The summed E-state index contributed by atoms with van der Waals surface area (Å²) in [7, 11) is 0. The van der Waals surface area contributed by atoms with Gasteiger partial charge in [-0.3, -0.25) is 4.79 Å². The first kappa shape index (κ1) is 51.9. The number of carbonyl (C=O) groups is 1. The first-order valence-corrected chi connectivity index (χ1v) is 22.5. The minimum Gasteiger partial charge on any atom is -0.394 e. The van der Waals surface area contributed by atoms with Gasteiger partial charge >= 0.3 is 0 Å². The minimum absolute atomic E-state index is 0.207. The Labute approximate surface area is 341 Å². The molecule has 7 atom stereocenters. The van der Waals surface area contributed by atoms with Gasteiger partial charge in [0, 0.05) is 6.42 Å². The third kappa shape index (κ3) is 27.5. The first-order valence-electron chi connectivity index (χ1n) is 22.5. The summed E-state index contributed by atoms with van der Waals surface area (Å²) in [6, 6.07) is -0.828. The van der Waals surface area contributed by atoms with Crippen molar-refractivity contribution in [2.45, 2.75) is 217 Å². The van der Waals surface area contributed by atoms with Crippen molar-refractivity contribution in [3.8, 4) is 0 Å². The van der Waals surface area contributed by atoms with Crippen LogP contribution < -0.4 is 5.32 Å². The quantitative estimate of drug-likeness (QED) is 0.0272. The van der Waals surface area contributed by atoms with Crippen LogP contribution in [0, 0.1) is 0 Å². The lowest BCUT2D eigenvalue weighted by molar-refractivity contribution is -0.302. The Bertz CT molecular complexity index is 1060. The number of hydrogen-bond acceptors (Lipinski definition) is 8. The predicted octanol–water partition coefficient (Wildman–Crippen LogP) is 9.22. The Morgan fingerprint density at radius 3 is 1.64 bits per heavy atom. The summed E-state index contributed by atoms with van der Waals surface area (Å²) in [5.41, 5.74) is 0. The molecule has 9 nitrogen and oxygen atoms in total. The van der Waals surface area contributed by atoms with E-state index in [2.05, 4.69) is 67.8 Å². The standard InChI is InChI=1S/C47H83NO8/c1-3-5-7-9-11-13-15-17-19-20-21-23-24-26-28-30-32-34-36-41(50)40(39-55-47-46(54)45(53)44(52)42(38-49)56-47)48-43(51)37-35-33-31-29-27-25-22-18-16-14-12-10-8-6-4-2/h6,8,12,14,18,22,27,29,34,36,40-42,44-47,49-50,52-54H,3-5,7,9-11,13,15-17,19-21,23-26,28,30-33,35,37-39H2,1-2H3,(H,48,51)/b8-6-,14-12-,22-18-,29-27-,36-34+. The molecule has 1 aliphatic heterocycles. The van der Waals surface area contributed by atoms with Crippen molar-refractivity contribution < 1.29 is 39.8 Å². The van der Waals surface area contributed by atoms with Crippen molar-refractivity contribution in [3.63, 3.8) is 0 Å². The van der Waals surface area contributed by atoms with Gasteiger partial charge in [0.2, 0.25) is 5.91 Å². The molecule has 0 aliphatic carbocycles. The number of aliphatic hydroxyl groups is 5. The highest BCUT2D eigenvalue weighted by atomic mass is 16.7. The molecule has 1 amide bonds. The van der Waals surface area contributed by atoms with Crippen molar-refractivity contribution in [2.24, 2.45) is 0 Å². The fraction of sp³-hybridized carbons (Fsp3) is 0.766. The SMILES string of the molecule is CC/C=C\C/C=C\C/C=C\C/C=C\CCCCC(=O)NC(COC1OC(CO)C(O)C(O)C1O)C(O)/C=C/CCCCCCCCCCCCCCCCCC. The van der Waals surface area contributed by atoms with Gasteiger partial charge in [-0.05, 0) is 57.8 Å². The average molecular weight is 790 g/mol. The van der Waals surface area contributed by atoms with Crippen LogP contribution in [-0.2, 0) is 14.3 Å². The topological polar surface area (TPSA) is 149 Å². The molecule has 324 valence electrons. The summed E-state index contributed by atoms with van der Waals surface area (Å²) in [5.74, 6) is -0.220. The van der Waals surface area contributed by atoms with Crippen molar-refractivity contribution in [1.82, 2.24) is 5.32 Å². The molecule has 1 saturated heterocycles. The molecule has 1 rings (SSSR count). The highest BCUT2D eigenvalue weighted by Crippen LogP contribution is 2.22. The van der Waals surface area contributed by atoms with E-state index in [0.29, 0.717) is 12.8 Å². The van der Waals surface area contributed by atoms with Gasteiger partial charge < -0.3 is 40.3 Å². The zero-order valence-corrected chi connectivity index (χ0v) is 35.4. The third-order valence-electron chi connectivity index (χ3n) is 10.3. The molecule has 9 heteroatoms. The van der Waals surface area contributed by atoms with Gasteiger partial charge in [-0.15, -0.1) is 0 Å². The van der Waals surface area contributed by atoms with Crippen LogP contribution in [0.4, 0.5) is 0 Å². The van der Waals surface area contributed by atoms with E-state index in [-0.39, 0.29) is 12.5 Å². The van der Waals surface area contributed by atoms with E-state index in [0.717, 1.165) is 57.8 Å². The zero-order chi connectivity index (χ0) is 40.9. The monoisotopic (exact) mass is 790 g/mol. The van der Waals surface area contributed by atoms with E-state index in [4.69, 9.17) is 9.47 Å². The van der Waals surface area contributed by atoms with Crippen LogP contribution in [0.5, 0.6) is 0 Å². The second-order valence-corrected chi connectivity index (χ2v) is 15.5. The molecule has 0 saturated carbocycles. The van der Waals surface area contributed by atoms with Gasteiger partial charge in [-0.25, -0.2) is 0 Å². The Balaban J connectivity index is 2.41. The molecule has 7 unspecified atom stereocenters. The number of aliphatic hydroxyl groups excluding tert-OH is 5. The molecule has 6 N–H and O–H groups in total. The van der Waals surface area contributed by atoms with Gasteiger partial charge in [0.1, 0.15) is 24.4 Å². The van der Waals surface area contributed by atoms with Gasteiger partial charge in [0.15, 0.2) is 6.29 Å². The molecular weight excluding hydrogens is 707 g/mol. The summed E-state index contributed by atoms with van der Waals surface area (Å²) in [6.07, 6.45) is 41.2. The van der Waals surface area contributed by atoms with Gasteiger partial charge in [-0.2, -0.15) is 0 Å². The summed E-state index contributed by atoms with van der Waals surface area (Å²) in [5, 5.41) is 54.1. The lowest BCUT2D eigenvalue weighted by Crippen LogP contribution is -2.60. The second-order valence-electron chi connectivity index (χ2n) is 15.5. The second kappa shape index (κ2) is 37.2. The van der Waals surface area contributed by atoms with E-state index in [1.54, 1.807) is 6.08 Å². The lowest BCUT2D eigenvalue weighted by atomic mass is 9.99. The highest BCUT2D eigenvalue weighted by molar-refractivity contribution is 5.76. The number of allylic oxidation sites excluding steroid dienone is 9. The number of amides is 1. The molecule has 0 spiro atoms. The summed E-state index contributed by atoms with van der Waals surface area (Å²) in [6.45, 7) is 3.62. The average Bonchev–Trinajstić information content (AvgIpc) is 3.20. The van der Waals surface area contributed by atoms with Gasteiger partial charge in [0.25, 0.3) is 0 Å². The van der Waals surface area contributed by atoms with Crippen molar-refractivity contribution >= 4 is 5.91 Å².